The molecule has 0 rings (SSSR count). The van der Waals surface area contributed by atoms with Gasteiger partial charge in [-0.3, -0.25) is 28.8 Å². The number of carbonyl (C=O) groups excluding carboxylic acids is 5. The van der Waals surface area contributed by atoms with Gasteiger partial charge in [0.15, 0.2) is 0 Å². The molecule has 0 saturated heterocycles. The van der Waals surface area contributed by atoms with Crippen molar-refractivity contribution in [1.82, 2.24) is 26.6 Å². The van der Waals surface area contributed by atoms with Crippen LogP contribution in [-0.4, -0.2) is 131 Å². The molecule has 0 aromatic rings. The molecule has 0 aliphatic rings. The smallest absolute Gasteiger partial charge is 0.326 e. The molecule has 368 valence electrons. The van der Waals surface area contributed by atoms with E-state index in [1.165, 1.54) is 32.1 Å². The summed E-state index contributed by atoms with van der Waals surface area (Å²) in [6.45, 7) is 2.16. The van der Waals surface area contributed by atoms with Gasteiger partial charge in [-0.2, -0.15) is 0 Å². The van der Waals surface area contributed by atoms with Crippen molar-refractivity contribution in [1.29, 1.82) is 0 Å². The first-order chi connectivity index (χ1) is 30.7. The SMILES string of the molecule is CCCCCNC(=O)CC[C@H](NC(=O)CC[C@H](NC(=O)COCCOCCNC(=O)CC[C@H](NC(=O)CCCCCCCCCCCCCCCCC(=O)O)C(=O)O)C(=O)O)C(=O)O. The lowest BCUT2D eigenvalue weighted by Crippen LogP contribution is -2.45. The highest BCUT2D eigenvalue weighted by Crippen LogP contribution is 2.14. The van der Waals surface area contributed by atoms with Crippen molar-refractivity contribution in [3.05, 3.63) is 0 Å². The molecule has 0 fully saturated rings. The van der Waals surface area contributed by atoms with Crippen LogP contribution in [0.1, 0.15) is 167 Å². The van der Waals surface area contributed by atoms with Crippen LogP contribution < -0.4 is 26.6 Å². The molecular formula is C44H77N5O15. The Morgan fingerprint density at radius 3 is 1.20 bits per heavy atom. The second kappa shape index (κ2) is 39.7. The summed E-state index contributed by atoms with van der Waals surface area (Å²) in [5.41, 5.74) is 0. The van der Waals surface area contributed by atoms with Gasteiger partial charge in [0.25, 0.3) is 0 Å². The van der Waals surface area contributed by atoms with Crippen LogP contribution in [0.2, 0.25) is 0 Å². The van der Waals surface area contributed by atoms with E-state index in [9.17, 15) is 58.5 Å². The van der Waals surface area contributed by atoms with Gasteiger partial charge in [0.05, 0.1) is 19.8 Å². The minimum Gasteiger partial charge on any atom is -0.481 e. The molecule has 0 unspecified atom stereocenters. The minimum absolute atomic E-state index is 0.0336. The van der Waals surface area contributed by atoms with Gasteiger partial charge in [-0.1, -0.05) is 96.8 Å². The average molecular weight is 916 g/mol. The van der Waals surface area contributed by atoms with Crippen LogP contribution in [0.4, 0.5) is 0 Å². The lowest BCUT2D eigenvalue weighted by atomic mass is 10.0. The van der Waals surface area contributed by atoms with Gasteiger partial charge in [-0.15, -0.1) is 0 Å². The monoisotopic (exact) mass is 916 g/mol. The van der Waals surface area contributed by atoms with E-state index in [1.54, 1.807) is 0 Å². The molecule has 0 spiro atoms. The van der Waals surface area contributed by atoms with Crippen LogP contribution in [-0.2, 0) is 52.6 Å². The number of unbranched alkanes of at least 4 members (excludes halogenated alkanes) is 15. The summed E-state index contributed by atoms with van der Waals surface area (Å²) >= 11 is 0. The number of hydrogen-bond donors (Lipinski definition) is 9. The van der Waals surface area contributed by atoms with Gasteiger partial charge in [0, 0.05) is 45.2 Å². The Bertz CT molecular complexity index is 1380. The largest absolute Gasteiger partial charge is 0.481 e. The average Bonchev–Trinajstić information content (AvgIpc) is 3.24. The standard InChI is InChI=1S/C44H77N5O15/c1-2-3-18-27-45-36(50)24-21-34(43(59)60)48-39(53)26-23-35(44(61)62)49-40(54)32-64-31-30-63-29-28-46-37(51)25-22-33(42(57)58)47-38(52)19-16-14-12-10-8-6-4-5-7-9-11-13-15-17-20-41(55)56/h33-35H,2-32H2,1H3,(H,45,50)(H,46,51)(H,47,52)(H,48,53)(H,49,54)(H,55,56)(H,57,58)(H,59,60)(H,61,62)/t33-,34-,35-/m0/s1. The topological polar surface area (TPSA) is 313 Å². The third kappa shape index (κ3) is 36.6. The summed E-state index contributed by atoms with van der Waals surface area (Å²) < 4.78 is 10.5. The van der Waals surface area contributed by atoms with Crippen molar-refractivity contribution in [3.8, 4) is 0 Å². The van der Waals surface area contributed by atoms with Gasteiger partial charge < -0.3 is 56.5 Å². The van der Waals surface area contributed by atoms with Gasteiger partial charge in [0.1, 0.15) is 24.7 Å². The number of carbonyl (C=O) groups is 9. The Morgan fingerprint density at radius 1 is 0.391 bits per heavy atom. The van der Waals surface area contributed by atoms with Crippen LogP contribution in [0.3, 0.4) is 0 Å². The fourth-order valence-electron chi connectivity index (χ4n) is 6.48. The molecule has 64 heavy (non-hydrogen) atoms. The Balaban J connectivity index is 4.07. The zero-order chi connectivity index (χ0) is 47.8. The van der Waals surface area contributed by atoms with Gasteiger partial charge in [-0.05, 0) is 38.5 Å². The highest BCUT2D eigenvalue weighted by molar-refractivity contribution is 5.87. The number of carboxylic acid groups (broad SMARTS) is 4. The summed E-state index contributed by atoms with van der Waals surface area (Å²) in [7, 11) is 0. The molecule has 0 saturated carbocycles. The van der Waals surface area contributed by atoms with Crippen molar-refractivity contribution in [2.24, 2.45) is 0 Å². The Kier molecular flexibility index (Phi) is 36.7. The molecule has 5 amide bonds. The summed E-state index contributed by atoms with van der Waals surface area (Å²) in [6.07, 6.45) is 16.7. The van der Waals surface area contributed by atoms with Gasteiger partial charge in [0.2, 0.25) is 29.5 Å². The Morgan fingerprint density at radius 2 is 0.766 bits per heavy atom. The number of carboxylic acids is 4. The highest BCUT2D eigenvalue weighted by Gasteiger charge is 2.25. The van der Waals surface area contributed by atoms with Crippen LogP contribution in [0.5, 0.6) is 0 Å². The number of aliphatic carboxylic acids is 4. The number of ether oxygens (including phenoxy) is 2. The van der Waals surface area contributed by atoms with Crippen molar-refractivity contribution in [2.75, 3.05) is 39.5 Å². The maximum Gasteiger partial charge on any atom is 0.326 e. The molecule has 9 N–H and O–H groups in total. The zero-order valence-electron chi connectivity index (χ0n) is 37.9. The fraction of sp³-hybridized carbons (Fsp3) is 0.795. The maximum atomic E-state index is 12.4. The van der Waals surface area contributed by atoms with E-state index in [0.29, 0.717) is 13.0 Å². The molecule has 0 heterocycles. The quantitative estimate of drug-likeness (QED) is 0.0393. The molecule has 0 aromatic heterocycles. The third-order valence-electron chi connectivity index (χ3n) is 10.2. The summed E-state index contributed by atoms with van der Waals surface area (Å²) in [5, 5.41) is 49.4. The number of hydrogen-bond acceptors (Lipinski definition) is 11. The Labute approximate surface area is 377 Å². The normalized spacial score (nSPS) is 12.3. The van der Waals surface area contributed by atoms with Crippen molar-refractivity contribution in [2.45, 2.75) is 186 Å². The second-order valence-corrected chi connectivity index (χ2v) is 15.9. The maximum absolute atomic E-state index is 12.4. The minimum atomic E-state index is -1.45. The second-order valence-electron chi connectivity index (χ2n) is 15.9. The summed E-state index contributed by atoms with van der Waals surface area (Å²) in [4.78, 5) is 107. The van der Waals surface area contributed by atoms with E-state index in [0.717, 1.165) is 70.6 Å². The lowest BCUT2D eigenvalue weighted by molar-refractivity contribution is -0.144. The molecule has 0 radical (unpaired) electrons. The molecule has 0 aliphatic heterocycles. The molecular weight excluding hydrogens is 839 g/mol. The van der Waals surface area contributed by atoms with E-state index in [1.807, 2.05) is 6.92 Å². The van der Waals surface area contributed by atoms with Gasteiger partial charge in [-0.25, -0.2) is 14.4 Å². The molecule has 20 nitrogen and oxygen atoms in total. The summed E-state index contributed by atoms with van der Waals surface area (Å²) in [5.74, 6) is -7.37. The number of amides is 5. The zero-order valence-corrected chi connectivity index (χ0v) is 37.9. The molecule has 20 heteroatoms. The van der Waals surface area contributed by atoms with E-state index in [-0.39, 0.29) is 83.1 Å². The van der Waals surface area contributed by atoms with E-state index >= 15 is 0 Å². The first-order valence-electron chi connectivity index (χ1n) is 23.1. The predicted molar refractivity (Wildman–Crippen MR) is 235 cm³/mol. The highest BCUT2D eigenvalue weighted by atomic mass is 16.5. The lowest BCUT2D eigenvalue weighted by Gasteiger charge is -2.17. The molecule has 0 bridgehead atoms. The van der Waals surface area contributed by atoms with Crippen LogP contribution >= 0.6 is 0 Å². The Hall–Kier alpha value is -4.85. The third-order valence-corrected chi connectivity index (χ3v) is 10.2. The molecule has 3 atom stereocenters. The van der Waals surface area contributed by atoms with Crippen molar-refractivity contribution < 1.29 is 73.1 Å². The van der Waals surface area contributed by atoms with Crippen molar-refractivity contribution >= 4 is 53.4 Å². The number of rotatable bonds is 44. The van der Waals surface area contributed by atoms with Gasteiger partial charge >= 0.3 is 23.9 Å². The van der Waals surface area contributed by atoms with Crippen molar-refractivity contribution in [3.63, 3.8) is 0 Å². The van der Waals surface area contributed by atoms with E-state index < -0.39 is 72.8 Å². The van der Waals surface area contributed by atoms with Crippen LogP contribution in [0, 0.1) is 0 Å². The van der Waals surface area contributed by atoms with Crippen LogP contribution in [0.15, 0.2) is 0 Å². The fourth-order valence-corrected chi connectivity index (χ4v) is 6.48. The van der Waals surface area contributed by atoms with Crippen LogP contribution in [0.25, 0.3) is 0 Å². The first-order valence-corrected chi connectivity index (χ1v) is 23.1. The van der Waals surface area contributed by atoms with E-state index in [4.69, 9.17) is 14.6 Å². The van der Waals surface area contributed by atoms with E-state index in [2.05, 4.69) is 26.6 Å². The molecule has 0 aromatic carbocycles. The predicted octanol–water partition coefficient (Wildman–Crippen LogP) is 3.82. The summed E-state index contributed by atoms with van der Waals surface area (Å²) in [6, 6.07) is -4.00. The molecule has 0 aliphatic carbocycles. The number of nitrogens with one attached hydrogen (secondary N) is 5. The first kappa shape index (κ1) is 59.1.